The van der Waals surface area contributed by atoms with Crippen LogP contribution >= 0.6 is 23.2 Å². The number of nitrogens with two attached hydrogens (primary N) is 1. The monoisotopic (exact) mass is 354 g/mol. The first-order valence-electron chi connectivity index (χ1n) is 6.43. The number of Topliss-reactive ketones (excluding diaryl/α,β-unsaturated/α-hetero) is 1. The van der Waals surface area contributed by atoms with Gasteiger partial charge in [-0.1, -0.05) is 23.2 Å². The van der Waals surface area contributed by atoms with Gasteiger partial charge in [0.05, 0.1) is 16.1 Å². The van der Waals surface area contributed by atoms with E-state index in [1.165, 1.54) is 32.0 Å². The van der Waals surface area contributed by atoms with Crippen molar-refractivity contribution in [1.82, 2.24) is 0 Å². The molecule has 0 saturated carbocycles. The second kappa shape index (κ2) is 6.44. The summed E-state index contributed by atoms with van der Waals surface area (Å²) >= 11 is 11.8. The maximum absolute atomic E-state index is 12.3. The van der Waals surface area contributed by atoms with E-state index in [9.17, 15) is 14.4 Å². The van der Waals surface area contributed by atoms with E-state index < -0.39 is 17.6 Å². The number of carbonyl (C=O) groups is 3. The molecule has 0 atom stereocenters. The van der Waals surface area contributed by atoms with Crippen molar-refractivity contribution in [2.24, 2.45) is 5.73 Å². The number of primary amides is 1. The summed E-state index contributed by atoms with van der Waals surface area (Å²) in [5.41, 5.74) is 5.23. The number of rotatable bonds is 4. The third kappa shape index (κ3) is 3.38. The molecule has 0 fully saturated rings. The topological polar surface area (TPSA) is 102 Å². The van der Waals surface area contributed by atoms with Gasteiger partial charge in [0, 0.05) is 5.02 Å². The third-order valence-electron chi connectivity index (χ3n) is 3.08. The molecule has 0 aliphatic heterocycles. The predicted molar refractivity (Wildman–Crippen MR) is 86.4 cm³/mol. The highest BCUT2D eigenvalue weighted by Gasteiger charge is 2.26. The highest BCUT2D eigenvalue weighted by Crippen LogP contribution is 2.29. The lowest BCUT2D eigenvalue weighted by molar-refractivity contribution is 0.0974. The number of halogens is 2. The Morgan fingerprint density at radius 3 is 2.39 bits per heavy atom. The molecule has 0 spiro atoms. The Hall–Kier alpha value is -2.31. The van der Waals surface area contributed by atoms with Crippen LogP contribution in [0.3, 0.4) is 0 Å². The number of amides is 2. The van der Waals surface area contributed by atoms with Crippen LogP contribution in [0.5, 0.6) is 0 Å². The number of carbonyl (C=O) groups excluding carboxylic acids is 3. The minimum atomic E-state index is -0.889. The molecular weight excluding hydrogens is 343 g/mol. The number of hydrogen-bond acceptors (Lipinski definition) is 4. The van der Waals surface area contributed by atoms with E-state index in [0.717, 1.165) is 0 Å². The Bertz CT molecular complexity index is 827. The Balaban J connectivity index is 2.46. The van der Waals surface area contributed by atoms with E-state index in [0.29, 0.717) is 5.02 Å². The van der Waals surface area contributed by atoms with Crippen LogP contribution in [-0.4, -0.2) is 17.6 Å². The Morgan fingerprint density at radius 2 is 1.83 bits per heavy atom. The van der Waals surface area contributed by atoms with Gasteiger partial charge in [0.25, 0.3) is 11.8 Å². The summed E-state index contributed by atoms with van der Waals surface area (Å²) in [5.74, 6) is -1.97. The van der Waals surface area contributed by atoms with Crippen LogP contribution in [0.4, 0.5) is 5.88 Å². The van der Waals surface area contributed by atoms with E-state index in [1.807, 2.05) is 0 Å². The summed E-state index contributed by atoms with van der Waals surface area (Å²) in [6.45, 7) is 2.76. The summed E-state index contributed by atoms with van der Waals surface area (Å²) in [6.07, 6.45) is 0. The normalized spacial score (nSPS) is 10.4. The molecule has 1 heterocycles. The van der Waals surface area contributed by atoms with Crippen molar-refractivity contribution in [2.75, 3.05) is 5.32 Å². The van der Waals surface area contributed by atoms with Crippen LogP contribution < -0.4 is 11.1 Å². The van der Waals surface area contributed by atoms with E-state index in [-0.39, 0.29) is 33.4 Å². The SMILES string of the molecule is CC(=O)c1c(C)oc(NC(=O)c2cc(Cl)ccc2Cl)c1C(N)=O. The molecule has 0 aliphatic carbocycles. The Labute approximate surface area is 141 Å². The third-order valence-corrected chi connectivity index (χ3v) is 3.65. The molecule has 3 N–H and O–H groups in total. The zero-order valence-electron chi connectivity index (χ0n) is 12.2. The fraction of sp³-hybridized carbons (Fsp3) is 0.133. The van der Waals surface area contributed by atoms with Crippen molar-refractivity contribution < 1.29 is 18.8 Å². The largest absolute Gasteiger partial charge is 0.444 e. The molecule has 0 aliphatic rings. The zero-order chi connectivity index (χ0) is 17.3. The molecule has 2 aromatic rings. The minimum Gasteiger partial charge on any atom is -0.444 e. The summed E-state index contributed by atoms with van der Waals surface area (Å²) in [4.78, 5) is 35.6. The minimum absolute atomic E-state index is 0.0324. The Kier molecular flexibility index (Phi) is 4.77. The van der Waals surface area contributed by atoms with Crippen molar-refractivity contribution in [3.63, 3.8) is 0 Å². The molecule has 0 saturated heterocycles. The molecule has 1 aromatic heterocycles. The van der Waals surface area contributed by atoms with Gasteiger partial charge < -0.3 is 10.2 Å². The van der Waals surface area contributed by atoms with Gasteiger partial charge in [-0.15, -0.1) is 0 Å². The number of nitrogens with one attached hydrogen (secondary N) is 1. The lowest BCUT2D eigenvalue weighted by atomic mass is 10.1. The van der Waals surface area contributed by atoms with Crippen LogP contribution in [0.1, 0.15) is 43.8 Å². The quantitative estimate of drug-likeness (QED) is 0.820. The molecule has 0 bridgehead atoms. The number of hydrogen-bond donors (Lipinski definition) is 2. The highest BCUT2D eigenvalue weighted by molar-refractivity contribution is 6.36. The van der Waals surface area contributed by atoms with Gasteiger partial charge in [-0.3, -0.25) is 19.7 Å². The van der Waals surface area contributed by atoms with Crippen molar-refractivity contribution in [2.45, 2.75) is 13.8 Å². The summed E-state index contributed by atoms with van der Waals surface area (Å²) in [5, 5.41) is 2.87. The second-order valence-corrected chi connectivity index (χ2v) is 5.58. The van der Waals surface area contributed by atoms with Crippen molar-refractivity contribution in [3.8, 4) is 0 Å². The van der Waals surface area contributed by atoms with Gasteiger partial charge in [0.2, 0.25) is 5.88 Å². The molecule has 120 valence electrons. The number of anilines is 1. The van der Waals surface area contributed by atoms with Crippen molar-refractivity contribution in [1.29, 1.82) is 0 Å². The summed E-state index contributed by atoms with van der Waals surface area (Å²) < 4.78 is 5.30. The first-order chi connectivity index (χ1) is 10.7. The maximum atomic E-state index is 12.3. The van der Waals surface area contributed by atoms with E-state index >= 15 is 0 Å². The first kappa shape index (κ1) is 17.1. The van der Waals surface area contributed by atoms with Gasteiger partial charge in [-0.05, 0) is 32.0 Å². The van der Waals surface area contributed by atoms with E-state index in [2.05, 4.69) is 5.32 Å². The van der Waals surface area contributed by atoms with Gasteiger partial charge in [-0.25, -0.2) is 0 Å². The molecular formula is C15H12Cl2N2O4. The lowest BCUT2D eigenvalue weighted by Crippen LogP contribution is -2.19. The van der Waals surface area contributed by atoms with E-state index in [1.54, 1.807) is 0 Å². The number of benzene rings is 1. The molecule has 0 unspecified atom stereocenters. The lowest BCUT2D eigenvalue weighted by Gasteiger charge is -2.06. The highest BCUT2D eigenvalue weighted by atomic mass is 35.5. The van der Waals surface area contributed by atoms with Crippen LogP contribution in [0.2, 0.25) is 10.0 Å². The average Bonchev–Trinajstić information content (AvgIpc) is 2.77. The van der Waals surface area contributed by atoms with Crippen LogP contribution in [0, 0.1) is 6.92 Å². The first-order valence-corrected chi connectivity index (χ1v) is 7.18. The fourth-order valence-electron chi connectivity index (χ4n) is 2.13. The van der Waals surface area contributed by atoms with Gasteiger partial charge in [0.1, 0.15) is 11.3 Å². The molecule has 6 nitrogen and oxygen atoms in total. The van der Waals surface area contributed by atoms with Gasteiger partial charge >= 0.3 is 0 Å². The van der Waals surface area contributed by atoms with E-state index in [4.69, 9.17) is 33.4 Å². The fourth-order valence-corrected chi connectivity index (χ4v) is 2.51. The van der Waals surface area contributed by atoms with Crippen molar-refractivity contribution >= 4 is 46.7 Å². The summed E-state index contributed by atoms with van der Waals surface area (Å²) in [7, 11) is 0. The van der Waals surface area contributed by atoms with Crippen LogP contribution in [-0.2, 0) is 0 Å². The zero-order valence-corrected chi connectivity index (χ0v) is 13.7. The van der Waals surface area contributed by atoms with Gasteiger partial charge in [0.15, 0.2) is 5.78 Å². The smallest absolute Gasteiger partial charge is 0.259 e. The van der Waals surface area contributed by atoms with Crippen LogP contribution in [0.25, 0.3) is 0 Å². The molecule has 0 radical (unpaired) electrons. The molecule has 2 rings (SSSR count). The maximum Gasteiger partial charge on any atom is 0.259 e. The van der Waals surface area contributed by atoms with Crippen molar-refractivity contribution in [3.05, 3.63) is 50.7 Å². The average molecular weight is 355 g/mol. The molecule has 8 heteroatoms. The molecule has 23 heavy (non-hydrogen) atoms. The summed E-state index contributed by atoms with van der Waals surface area (Å²) in [6, 6.07) is 4.35. The Morgan fingerprint density at radius 1 is 1.17 bits per heavy atom. The number of aryl methyl sites for hydroxylation is 1. The number of furan rings is 1. The number of ketones is 1. The van der Waals surface area contributed by atoms with Gasteiger partial charge in [-0.2, -0.15) is 0 Å². The van der Waals surface area contributed by atoms with Crippen LogP contribution in [0.15, 0.2) is 22.6 Å². The predicted octanol–water partition coefficient (Wildman–Crippen LogP) is 3.45. The second-order valence-electron chi connectivity index (χ2n) is 4.74. The standard InChI is InChI=1S/C15H12Cl2N2O4/c1-6(20)11-7(2)23-15(12(11)13(18)21)19-14(22)9-5-8(16)3-4-10(9)17/h3-5H,1-2H3,(H2,18,21)(H,19,22). The molecule has 2 amide bonds. The molecule has 1 aromatic carbocycles.